The zero-order valence-corrected chi connectivity index (χ0v) is 8.87. The second-order valence-corrected chi connectivity index (χ2v) is 3.58. The van der Waals surface area contributed by atoms with Crippen molar-refractivity contribution in [3.05, 3.63) is 28.8 Å². The second kappa shape index (κ2) is 4.44. The van der Waals surface area contributed by atoms with E-state index in [-0.39, 0.29) is 11.8 Å². The highest BCUT2D eigenvalue weighted by Gasteiger charge is 2.13. The third-order valence-corrected chi connectivity index (χ3v) is 2.23. The molecule has 1 unspecified atom stereocenters. The summed E-state index contributed by atoms with van der Waals surface area (Å²) in [7, 11) is 1.60. The third kappa shape index (κ3) is 2.25. The Hall–Kier alpha value is -1.06. The molecule has 3 heteroatoms. The van der Waals surface area contributed by atoms with Crippen LogP contribution in [0.15, 0.2) is 12.1 Å². The van der Waals surface area contributed by atoms with Crippen LogP contribution in [0.2, 0.25) is 0 Å². The third-order valence-electron chi connectivity index (χ3n) is 2.23. The predicted molar refractivity (Wildman–Crippen MR) is 56.4 cm³/mol. The van der Waals surface area contributed by atoms with Gasteiger partial charge in [-0.15, -0.1) is 0 Å². The fourth-order valence-corrected chi connectivity index (χ4v) is 1.70. The minimum Gasteiger partial charge on any atom is -0.508 e. The first kappa shape index (κ1) is 11.0. The van der Waals surface area contributed by atoms with Gasteiger partial charge >= 0.3 is 0 Å². The summed E-state index contributed by atoms with van der Waals surface area (Å²) >= 11 is 0. The number of hydrogen-bond acceptors (Lipinski definition) is 3. The lowest BCUT2D eigenvalue weighted by atomic mass is 9.99. The molecule has 0 bridgehead atoms. The minimum absolute atomic E-state index is 0.257. The van der Waals surface area contributed by atoms with E-state index >= 15 is 0 Å². The number of phenolic OH excluding ortho intramolecular Hbond substituents is 1. The molecule has 0 amide bonds. The van der Waals surface area contributed by atoms with E-state index in [4.69, 9.17) is 10.5 Å². The van der Waals surface area contributed by atoms with Crippen LogP contribution in [0.4, 0.5) is 0 Å². The fraction of sp³-hybridized carbons (Fsp3) is 0.455. The van der Waals surface area contributed by atoms with Crippen LogP contribution in [0, 0.1) is 13.8 Å². The van der Waals surface area contributed by atoms with Crippen molar-refractivity contribution in [3.63, 3.8) is 0 Å². The molecule has 3 N–H and O–H groups in total. The number of nitrogens with two attached hydrogens (primary N) is 1. The summed E-state index contributed by atoms with van der Waals surface area (Å²) in [6, 6.07) is 3.46. The summed E-state index contributed by atoms with van der Waals surface area (Å²) in [5, 5.41) is 9.73. The number of rotatable bonds is 3. The van der Waals surface area contributed by atoms with Gasteiger partial charge in [0.1, 0.15) is 5.75 Å². The number of hydrogen-bond donors (Lipinski definition) is 2. The molecule has 0 heterocycles. The van der Waals surface area contributed by atoms with Gasteiger partial charge in [0.25, 0.3) is 0 Å². The smallest absolute Gasteiger partial charge is 0.120 e. The highest BCUT2D eigenvalue weighted by atomic mass is 16.5. The van der Waals surface area contributed by atoms with E-state index in [1.807, 2.05) is 19.9 Å². The van der Waals surface area contributed by atoms with Crippen LogP contribution in [0.3, 0.4) is 0 Å². The van der Waals surface area contributed by atoms with E-state index in [1.54, 1.807) is 13.2 Å². The standard InChI is InChI=1S/C11H17NO2/c1-7-4-8(2)11(10(13)5-7)9(12)6-14-3/h4-5,9,13H,6,12H2,1-3H3. The summed E-state index contributed by atoms with van der Waals surface area (Å²) in [4.78, 5) is 0. The predicted octanol–water partition coefficient (Wildman–Crippen LogP) is 1.66. The van der Waals surface area contributed by atoms with Crippen molar-refractivity contribution < 1.29 is 9.84 Å². The van der Waals surface area contributed by atoms with E-state index in [0.717, 1.165) is 16.7 Å². The largest absolute Gasteiger partial charge is 0.508 e. The van der Waals surface area contributed by atoms with Crippen LogP contribution in [0.25, 0.3) is 0 Å². The molecule has 0 saturated carbocycles. The Bertz CT molecular complexity index is 300. The summed E-state index contributed by atoms with van der Waals surface area (Å²) in [5.41, 5.74) is 8.69. The van der Waals surface area contributed by atoms with Gasteiger partial charge in [-0.25, -0.2) is 0 Å². The molecule has 1 atom stereocenters. The Morgan fingerprint density at radius 1 is 1.43 bits per heavy atom. The van der Waals surface area contributed by atoms with Crippen LogP contribution in [-0.4, -0.2) is 18.8 Å². The summed E-state index contributed by atoms with van der Waals surface area (Å²) in [6.07, 6.45) is 0. The number of aromatic hydroxyl groups is 1. The number of ether oxygens (including phenoxy) is 1. The summed E-state index contributed by atoms with van der Waals surface area (Å²) in [5.74, 6) is 0.257. The molecule has 3 nitrogen and oxygen atoms in total. The van der Waals surface area contributed by atoms with Gasteiger partial charge < -0.3 is 15.6 Å². The highest BCUT2D eigenvalue weighted by Crippen LogP contribution is 2.27. The first-order valence-corrected chi connectivity index (χ1v) is 4.61. The first-order chi connectivity index (χ1) is 6.56. The van der Waals surface area contributed by atoms with Crippen molar-refractivity contribution in [3.8, 4) is 5.75 Å². The van der Waals surface area contributed by atoms with Crippen LogP contribution in [-0.2, 0) is 4.74 Å². The van der Waals surface area contributed by atoms with Crippen LogP contribution in [0.5, 0.6) is 5.75 Å². The van der Waals surface area contributed by atoms with E-state index in [0.29, 0.717) is 6.61 Å². The summed E-state index contributed by atoms with van der Waals surface area (Å²) in [6.45, 7) is 4.30. The molecule has 0 spiro atoms. The molecule has 0 aliphatic heterocycles. The summed E-state index contributed by atoms with van der Waals surface area (Å²) < 4.78 is 4.96. The molecule has 1 aromatic rings. The molecule has 14 heavy (non-hydrogen) atoms. The molecule has 78 valence electrons. The molecular formula is C11H17NO2. The number of phenols is 1. The van der Waals surface area contributed by atoms with E-state index in [2.05, 4.69) is 0 Å². The quantitative estimate of drug-likeness (QED) is 0.771. The zero-order valence-electron chi connectivity index (χ0n) is 8.87. The Morgan fingerprint density at radius 3 is 2.57 bits per heavy atom. The van der Waals surface area contributed by atoms with Gasteiger partial charge in [0.15, 0.2) is 0 Å². The van der Waals surface area contributed by atoms with Crippen molar-refractivity contribution in [2.45, 2.75) is 19.9 Å². The van der Waals surface area contributed by atoms with Crippen molar-refractivity contribution in [2.75, 3.05) is 13.7 Å². The molecule has 0 aliphatic rings. The molecule has 0 radical (unpaired) electrons. The van der Waals surface area contributed by atoms with Crippen molar-refractivity contribution >= 4 is 0 Å². The minimum atomic E-state index is -0.263. The Labute approximate surface area is 84.5 Å². The van der Waals surface area contributed by atoms with E-state index < -0.39 is 0 Å². The van der Waals surface area contributed by atoms with Gasteiger partial charge in [-0.3, -0.25) is 0 Å². The van der Waals surface area contributed by atoms with Crippen LogP contribution in [0.1, 0.15) is 22.7 Å². The molecule has 0 aromatic heterocycles. The maximum atomic E-state index is 9.73. The van der Waals surface area contributed by atoms with Crippen molar-refractivity contribution in [1.29, 1.82) is 0 Å². The SMILES string of the molecule is COCC(N)c1c(C)cc(C)cc1O. The van der Waals surface area contributed by atoms with Gasteiger partial charge in [0.05, 0.1) is 12.6 Å². The molecule has 0 saturated heterocycles. The second-order valence-electron chi connectivity index (χ2n) is 3.58. The van der Waals surface area contributed by atoms with Crippen molar-refractivity contribution in [1.82, 2.24) is 0 Å². The highest BCUT2D eigenvalue weighted by molar-refractivity contribution is 5.43. The molecular weight excluding hydrogens is 178 g/mol. The van der Waals surface area contributed by atoms with E-state index in [1.165, 1.54) is 0 Å². The lowest BCUT2D eigenvalue weighted by molar-refractivity contribution is 0.179. The van der Waals surface area contributed by atoms with E-state index in [9.17, 15) is 5.11 Å². The Morgan fingerprint density at radius 2 is 2.07 bits per heavy atom. The number of aryl methyl sites for hydroxylation is 2. The number of benzene rings is 1. The first-order valence-electron chi connectivity index (χ1n) is 4.61. The molecule has 0 fully saturated rings. The average Bonchev–Trinajstić information content (AvgIpc) is 2.01. The topological polar surface area (TPSA) is 55.5 Å². The fourth-order valence-electron chi connectivity index (χ4n) is 1.70. The van der Waals surface area contributed by atoms with Crippen LogP contribution >= 0.6 is 0 Å². The number of methoxy groups -OCH3 is 1. The maximum Gasteiger partial charge on any atom is 0.120 e. The Balaban J connectivity index is 3.07. The molecule has 1 aromatic carbocycles. The van der Waals surface area contributed by atoms with Gasteiger partial charge in [0, 0.05) is 12.7 Å². The monoisotopic (exact) mass is 195 g/mol. The normalized spacial score (nSPS) is 12.9. The van der Waals surface area contributed by atoms with Gasteiger partial charge in [-0.2, -0.15) is 0 Å². The van der Waals surface area contributed by atoms with Crippen LogP contribution < -0.4 is 5.73 Å². The van der Waals surface area contributed by atoms with Gasteiger partial charge in [-0.05, 0) is 31.0 Å². The lowest BCUT2D eigenvalue weighted by Crippen LogP contribution is -2.17. The lowest BCUT2D eigenvalue weighted by Gasteiger charge is -2.16. The Kier molecular flexibility index (Phi) is 3.49. The van der Waals surface area contributed by atoms with Crippen molar-refractivity contribution in [2.24, 2.45) is 5.73 Å². The van der Waals surface area contributed by atoms with Gasteiger partial charge in [0.2, 0.25) is 0 Å². The molecule has 0 aliphatic carbocycles. The van der Waals surface area contributed by atoms with Gasteiger partial charge in [-0.1, -0.05) is 6.07 Å². The molecule has 1 rings (SSSR count). The maximum absolute atomic E-state index is 9.73. The average molecular weight is 195 g/mol. The zero-order chi connectivity index (χ0) is 10.7.